The Hall–Kier alpha value is -1.57. The largest absolute Gasteiger partial charge is 0.451 e. The number of fused-ring (bicyclic) bond motifs is 1. The first-order valence-corrected chi connectivity index (χ1v) is 6.66. The number of alkyl halides is 3. The molecule has 5 nitrogen and oxygen atoms in total. The zero-order chi connectivity index (χ0) is 14.3. The predicted molar refractivity (Wildman–Crippen MR) is 68.1 cm³/mol. The summed E-state index contributed by atoms with van der Waals surface area (Å²) in [6.45, 7) is 2.05. The first-order valence-electron chi connectivity index (χ1n) is 6.66. The fourth-order valence-corrected chi connectivity index (χ4v) is 3.11. The standard InChI is InChI=1S/C12H16F3N5/c13-12(14,15)11-18-9(16)6-10(19-11)17-7-3-5-20-4-1-2-8(7)20/h6-8H,1-5H2,(H3,16,17,18,19). The number of nitrogens with two attached hydrogens (primary N) is 1. The maximum Gasteiger partial charge on any atom is 0.451 e. The van der Waals surface area contributed by atoms with Gasteiger partial charge in [0.25, 0.3) is 0 Å². The zero-order valence-electron chi connectivity index (χ0n) is 10.8. The lowest BCUT2D eigenvalue weighted by atomic mass is 10.1. The molecule has 8 heteroatoms. The van der Waals surface area contributed by atoms with Crippen LogP contribution in [0.4, 0.5) is 24.8 Å². The molecule has 110 valence electrons. The summed E-state index contributed by atoms with van der Waals surface area (Å²) in [5, 5.41) is 3.09. The Labute approximate surface area is 114 Å². The molecule has 0 aliphatic carbocycles. The van der Waals surface area contributed by atoms with Gasteiger partial charge in [-0.15, -0.1) is 0 Å². The molecule has 0 amide bonds. The van der Waals surface area contributed by atoms with Gasteiger partial charge < -0.3 is 11.1 Å². The van der Waals surface area contributed by atoms with Gasteiger partial charge in [0.1, 0.15) is 11.6 Å². The molecule has 2 atom stereocenters. The van der Waals surface area contributed by atoms with Gasteiger partial charge in [0.2, 0.25) is 5.82 Å². The van der Waals surface area contributed by atoms with Crippen LogP contribution in [0.2, 0.25) is 0 Å². The molecule has 0 saturated carbocycles. The Bertz CT molecular complexity index is 504. The van der Waals surface area contributed by atoms with Crippen LogP contribution >= 0.6 is 0 Å². The highest BCUT2D eigenvalue weighted by Crippen LogP contribution is 2.31. The molecule has 20 heavy (non-hydrogen) atoms. The van der Waals surface area contributed by atoms with Crippen LogP contribution in [0.25, 0.3) is 0 Å². The molecule has 0 bridgehead atoms. The number of rotatable bonds is 2. The molecule has 0 aromatic carbocycles. The highest BCUT2D eigenvalue weighted by molar-refractivity contribution is 5.46. The quantitative estimate of drug-likeness (QED) is 0.867. The van der Waals surface area contributed by atoms with E-state index in [1.165, 1.54) is 6.07 Å². The summed E-state index contributed by atoms with van der Waals surface area (Å²) in [6, 6.07) is 1.88. The number of anilines is 2. The molecule has 2 saturated heterocycles. The van der Waals surface area contributed by atoms with Gasteiger partial charge in [-0.25, -0.2) is 9.97 Å². The SMILES string of the molecule is Nc1cc(NC2CCN3CCCC23)nc(C(F)(F)F)n1. The van der Waals surface area contributed by atoms with Crippen LogP contribution in [0.1, 0.15) is 25.1 Å². The van der Waals surface area contributed by atoms with Crippen LogP contribution in [0.15, 0.2) is 6.07 Å². The normalized spacial score (nSPS) is 26.8. The van der Waals surface area contributed by atoms with Crippen molar-refractivity contribution in [2.75, 3.05) is 24.1 Å². The maximum absolute atomic E-state index is 12.7. The maximum atomic E-state index is 12.7. The van der Waals surface area contributed by atoms with E-state index < -0.39 is 12.0 Å². The van der Waals surface area contributed by atoms with Gasteiger partial charge in [0.15, 0.2) is 0 Å². The number of nitrogen functional groups attached to an aromatic ring is 1. The molecule has 1 aromatic heterocycles. The van der Waals surface area contributed by atoms with E-state index in [4.69, 9.17) is 5.73 Å². The van der Waals surface area contributed by atoms with E-state index in [0.717, 1.165) is 32.4 Å². The first kappa shape index (κ1) is 13.4. The van der Waals surface area contributed by atoms with Gasteiger partial charge >= 0.3 is 6.18 Å². The Morgan fingerprint density at radius 3 is 2.80 bits per heavy atom. The zero-order valence-corrected chi connectivity index (χ0v) is 10.8. The topological polar surface area (TPSA) is 67.1 Å². The summed E-state index contributed by atoms with van der Waals surface area (Å²) in [5.74, 6) is -1.21. The third-order valence-corrected chi connectivity index (χ3v) is 3.94. The van der Waals surface area contributed by atoms with Crippen LogP contribution in [-0.2, 0) is 6.18 Å². The molecule has 2 aliphatic rings. The molecule has 3 N–H and O–H groups in total. The fraction of sp³-hybridized carbons (Fsp3) is 0.667. The van der Waals surface area contributed by atoms with Gasteiger partial charge in [0.05, 0.1) is 0 Å². The number of nitrogens with one attached hydrogen (secondary N) is 1. The van der Waals surface area contributed by atoms with Crippen molar-refractivity contribution in [3.8, 4) is 0 Å². The van der Waals surface area contributed by atoms with Gasteiger partial charge in [-0.2, -0.15) is 13.2 Å². The van der Waals surface area contributed by atoms with Gasteiger partial charge in [-0.1, -0.05) is 0 Å². The number of nitrogens with zero attached hydrogens (tertiary/aromatic N) is 3. The molecule has 2 aliphatic heterocycles. The molecule has 2 fully saturated rings. The number of hydrogen-bond donors (Lipinski definition) is 2. The molecule has 1 aromatic rings. The second-order valence-electron chi connectivity index (χ2n) is 5.28. The average Bonchev–Trinajstić information content (AvgIpc) is 2.92. The molecule has 3 heterocycles. The smallest absolute Gasteiger partial charge is 0.384 e. The van der Waals surface area contributed by atoms with Crippen molar-refractivity contribution in [3.63, 3.8) is 0 Å². The van der Waals surface area contributed by atoms with Crippen molar-refractivity contribution >= 4 is 11.6 Å². The Morgan fingerprint density at radius 2 is 2.05 bits per heavy atom. The molecular formula is C12H16F3N5. The van der Waals surface area contributed by atoms with E-state index in [9.17, 15) is 13.2 Å². The van der Waals surface area contributed by atoms with Crippen LogP contribution in [0, 0.1) is 0 Å². The van der Waals surface area contributed by atoms with E-state index >= 15 is 0 Å². The van der Waals surface area contributed by atoms with Crippen molar-refractivity contribution in [2.45, 2.75) is 37.5 Å². The Morgan fingerprint density at radius 1 is 1.25 bits per heavy atom. The minimum Gasteiger partial charge on any atom is -0.384 e. The summed E-state index contributed by atoms with van der Waals surface area (Å²) >= 11 is 0. The molecule has 2 unspecified atom stereocenters. The van der Waals surface area contributed by atoms with Crippen molar-refractivity contribution in [3.05, 3.63) is 11.9 Å². The number of aromatic nitrogens is 2. The van der Waals surface area contributed by atoms with E-state index in [2.05, 4.69) is 20.2 Å². The van der Waals surface area contributed by atoms with E-state index in [1.807, 2.05) is 0 Å². The summed E-state index contributed by atoms with van der Waals surface area (Å²) in [4.78, 5) is 9.14. The Kier molecular flexibility index (Phi) is 3.19. The molecule has 0 spiro atoms. The van der Waals surface area contributed by atoms with Crippen LogP contribution in [0.5, 0.6) is 0 Å². The lowest BCUT2D eigenvalue weighted by Gasteiger charge is -2.22. The minimum absolute atomic E-state index is 0.132. The van der Waals surface area contributed by atoms with Crippen LogP contribution in [0.3, 0.4) is 0 Å². The fourth-order valence-electron chi connectivity index (χ4n) is 3.11. The third-order valence-electron chi connectivity index (χ3n) is 3.94. The van der Waals surface area contributed by atoms with Crippen molar-refractivity contribution in [2.24, 2.45) is 0 Å². The summed E-state index contributed by atoms with van der Waals surface area (Å²) in [7, 11) is 0. The summed E-state index contributed by atoms with van der Waals surface area (Å²) < 4.78 is 38.0. The molecule has 0 radical (unpaired) electrons. The summed E-state index contributed by atoms with van der Waals surface area (Å²) in [5.41, 5.74) is 5.44. The van der Waals surface area contributed by atoms with Crippen LogP contribution < -0.4 is 11.1 Å². The van der Waals surface area contributed by atoms with Crippen molar-refractivity contribution in [1.82, 2.24) is 14.9 Å². The lowest BCUT2D eigenvalue weighted by molar-refractivity contribution is -0.144. The van der Waals surface area contributed by atoms with Crippen LogP contribution in [-0.4, -0.2) is 40.0 Å². The number of hydrogen-bond acceptors (Lipinski definition) is 5. The van der Waals surface area contributed by atoms with Crippen molar-refractivity contribution in [1.29, 1.82) is 0 Å². The van der Waals surface area contributed by atoms with E-state index in [1.54, 1.807) is 0 Å². The van der Waals surface area contributed by atoms with E-state index in [-0.39, 0.29) is 17.7 Å². The second-order valence-corrected chi connectivity index (χ2v) is 5.28. The minimum atomic E-state index is -4.58. The molecule has 3 rings (SSSR count). The first-order chi connectivity index (χ1) is 9.43. The van der Waals surface area contributed by atoms with Gasteiger partial charge in [-0.3, -0.25) is 4.90 Å². The predicted octanol–water partition coefficient (Wildman–Crippen LogP) is 1.73. The number of halogens is 3. The second kappa shape index (κ2) is 4.76. The third kappa shape index (κ3) is 2.52. The van der Waals surface area contributed by atoms with Crippen molar-refractivity contribution < 1.29 is 13.2 Å². The molecular weight excluding hydrogens is 271 g/mol. The van der Waals surface area contributed by atoms with Gasteiger partial charge in [0, 0.05) is 24.7 Å². The highest BCUT2D eigenvalue weighted by Gasteiger charge is 2.38. The van der Waals surface area contributed by atoms with E-state index in [0.29, 0.717) is 6.04 Å². The highest BCUT2D eigenvalue weighted by atomic mass is 19.4. The summed E-state index contributed by atoms with van der Waals surface area (Å²) in [6.07, 6.45) is -1.45. The Balaban J connectivity index is 1.79. The van der Waals surface area contributed by atoms with Gasteiger partial charge in [-0.05, 0) is 25.8 Å². The average molecular weight is 287 g/mol. The monoisotopic (exact) mass is 287 g/mol. The lowest BCUT2D eigenvalue weighted by Crippen LogP contribution is -2.34.